The summed E-state index contributed by atoms with van der Waals surface area (Å²) < 4.78 is 0. The monoisotopic (exact) mass is 303 g/mol. The van der Waals surface area contributed by atoms with Gasteiger partial charge < -0.3 is 5.32 Å². The molecule has 0 bridgehead atoms. The van der Waals surface area contributed by atoms with Crippen molar-refractivity contribution in [3.8, 4) is 0 Å². The van der Waals surface area contributed by atoms with E-state index in [1.165, 1.54) is 0 Å². The van der Waals surface area contributed by atoms with Gasteiger partial charge in [-0.15, -0.1) is 0 Å². The fraction of sp³-hybridized carbons (Fsp3) is 0.312. The number of rotatable bonds is 4. The van der Waals surface area contributed by atoms with Crippen LogP contribution in [0.1, 0.15) is 46.9 Å². The van der Waals surface area contributed by atoms with Gasteiger partial charge in [-0.05, 0) is 42.2 Å². The van der Waals surface area contributed by atoms with E-state index in [0.717, 1.165) is 16.8 Å². The zero-order chi connectivity index (χ0) is 15.4. The van der Waals surface area contributed by atoms with Crippen molar-refractivity contribution in [1.82, 2.24) is 15.3 Å². The van der Waals surface area contributed by atoms with Crippen LogP contribution in [-0.4, -0.2) is 15.9 Å². The van der Waals surface area contributed by atoms with Crippen molar-refractivity contribution in [1.29, 1.82) is 0 Å². The molecule has 0 spiro atoms. The first-order valence-corrected chi connectivity index (χ1v) is 7.20. The molecule has 0 aliphatic heterocycles. The summed E-state index contributed by atoms with van der Waals surface area (Å²) >= 11 is 5.98. The van der Waals surface area contributed by atoms with E-state index in [2.05, 4.69) is 15.3 Å². The third-order valence-electron chi connectivity index (χ3n) is 3.24. The summed E-state index contributed by atoms with van der Waals surface area (Å²) in [7, 11) is 0. The van der Waals surface area contributed by atoms with E-state index >= 15 is 0 Å². The topological polar surface area (TPSA) is 54.9 Å². The van der Waals surface area contributed by atoms with Gasteiger partial charge in [-0.25, -0.2) is 4.98 Å². The van der Waals surface area contributed by atoms with Gasteiger partial charge in [0.1, 0.15) is 5.15 Å². The summed E-state index contributed by atoms with van der Waals surface area (Å²) in [5.41, 5.74) is 3.44. The molecule has 0 atom stereocenters. The van der Waals surface area contributed by atoms with Crippen LogP contribution < -0.4 is 5.32 Å². The molecule has 0 aromatic carbocycles. The summed E-state index contributed by atoms with van der Waals surface area (Å²) in [6.07, 6.45) is 3.50. The van der Waals surface area contributed by atoms with Crippen molar-refractivity contribution in [2.75, 3.05) is 0 Å². The zero-order valence-electron chi connectivity index (χ0n) is 12.4. The lowest BCUT2D eigenvalue weighted by Gasteiger charge is -2.10. The Labute approximate surface area is 129 Å². The molecule has 21 heavy (non-hydrogen) atoms. The smallest absolute Gasteiger partial charge is 0.251 e. The van der Waals surface area contributed by atoms with Gasteiger partial charge in [-0.1, -0.05) is 25.4 Å². The van der Waals surface area contributed by atoms with E-state index in [1.54, 1.807) is 24.5 Å². The number of amides is 1. The van der Waals surface area contributed by atoms with Gasteiger partial charge in [0.15, 0.2) is 0 Å². The van der Waals surface area contributed by atoms with Crippen molar-refractivity contribution in [2.45, 2.75) is 33.2 Å². The lowest BCUT2D eigenvalue weighted by Crippen LogP contribution is -2.23. The Kier molecular flexibility index (Phi) is 4.91. The third kappa shape index (κ3) is 4.02. The maximum atomic E-state index is 12.2. The Morgan fingerprint density at radius 2 is 2.14 bits per heavy atom. The molecule has 0 unspecified atom stereocenters. The van der Waals surface area contributed by atoms with Gasteiger partial charge >= 0.3 is 0 Å². The van der Waals surface area contributed by atoms with Crippen molar-refractivity contribution in [3.05, 3.63) is 58.1 Å². The summed E-state index contributed by atoms with van der Waals surface area (Å²) in [4.78, 5) is 20.5. The molecule has 5 heteroatoms. The Hall–Kier alpha value is -1.94. The molecule has 4 nitrogen and oxygen atoms in total. The Morgan fingerprint density at radius 3 is 2.81 bits per heavy atom. The first kappa shape index (κ1) is 15.4. The van der Waals surface area contributed by atoms with Crippen LogP contribution in [0.15, 0.2) is 30.6 Å². The molecule has 2 aromatic heterocycles. The number of carbonyl (C=O) groups excluding carboxylic acids is 1. The molecule has 110 valence electrons. The minimum Gasteiger partial charge on any atom is -0.348 e. The first-order valence-electron chi connectivity index (χ1n) is 6.82. The Morgan fingerprint density at radius 1 is 1.38 bits per heavy atom. The molecular formula is C16H18ClN3O. The summed E-state index contributed by atoms with van der Waals surface area (Å²) in [6, 6.07) is 5.27. The molecule has 0 aliphatic rings. The van der Waals surface area contributed by atoms with Gasteiger partial charge in [0.25, 0.3) is 5.91 Å². The van der Waals surface area contributed by atoms with E-state index in [0.29, 0.717) is 17.3 Å². The first-order chi connectivity index (χ1) is 9.97. The van der Waals surface area contributed by atoms with Crippen LogP contribution in [0.3, 0.4) is 0 Å². The second-order valence-electron chi connectivity index (χ2n) is 5.24. The molecule has 2 aromatic rings. The molecule has 0 radical (unpaired) electrons. The molecule has 0 saturated heterocycles. The maximum Gasteiger partial charge on any atom is 0.251 e. The van der Waals surface area contributed by atoms with Crippen LogP contribution in [-0.2, 0) is 6.54 Å². The number of halogens is 1. The van der Waals surface area contributed by atoms with Gasteiger partial charge in [0.05, 0.1) is 0 Å². The normalized spacial score (nSPS) is 10.7. The van der Waals surface area contributed by atoms with Gasteiger partial charge in [-0.3, -0.25) is 9.78 Å². The summed E-state index contributed by atoms with van der Waals surface area (Å²) in [6.45, 7) is 6.46. The molecule has 2 rings (SSSR count). The highest BCUT2D eigenvalue weighted by atomic mass is 35.5. The highest BCUT2D eigenvalue weighted by molar-refractivity contribution is 6.29. The largest absolute Gasteiger partial charge is 0.348 e. The minimum atomic E-state index is -0.155. The molecule has 0 saturated carbocycles. The lowest BCUT2D eigenvalue weighted by atomic mass is 10.1. The van der Waals surface area contributed by atoms with Gasteiger partial charge in [-0.2, -0.15) is 0 Å². The van der Waals surface area contributed by atoms with Gasteiger partial charge in [0.2, 0.25) is 0 Å². The van der Waals surface area contributed by atoms with Crippen LogP contribution in [0.25, 0.3) is 0 Å². The number of hydrogen-bond acceptors (Lipinski definition) is 3. The number of hydrogen-bond donors (Lipinski definition) is 1. The van der Waals surface area contributed by atoms with Crippen molar-refractivity contribution < 1.29 is 4.79 Å². The molecular weight excluding hydrogens is 286 g/mol. The van der Waals surface area contributed by atoms with E-state index < -0.39 is 0 Å². The SMILES string of the molecule is Cc1cnccc1CNC(=O)c1cc(Cl)nc(C(C)C)c1. The van der Waals surface area contributed by atoms with Crippen LogP contribution in [0.4, 0.5) is 0 Å². The number of aryl methyl sites for hydroxylation is 1. The lowest BCUT2D eigenvalue weighted by molar-refractivity contribution is 0.0950. The number of aromatic nitrogens is 2. The van der Waals surface area contributed by atoms with Crippen LogP contribution >= 0.6 is 11.6 Å². The molecule has 1 N–H and O–H groups in total. The number of carbonyl (C=O) groups is 1. The van der Waals surface area contributed by atoms with E-state index in [-0.39, 0.29) is 11.8 Å². The zero-order valence-corrected chi connectivity index (χ0v) is 13.1. The maximum absolute atomic E-state index is 12.2. The summed E-state index contributed by atoms with van der Waals surface area (Å²) in [5, 5.41) is 3.24. The third-order valence-corrected chi connectivity index (χ3v) is 3.44. The molecule has 1 amide bonds. The molecule has 0 aliphatic carbocycles. The van der Waals surface area contributed by atoms with Crippen LogP contribution in [0.2, 0.25) is 5.15 Å². The van der Waals surface area contributed by atoms with E-state index in [4.69, 9.17) is 11.6 Å². The predicted octanol–water partition coefficient (Wildman–Crippen LogP) is 3.49. The van der Waals surface area contributed by atoms with E-state index in [9.17, 15) is 4.79 Å². The predicted molar refractivity (Wildman–Crippen MR) is 83.5 cm³/mol. The molecule has 2 heterocycles. The van der Waals surface area contributed by atoms with Crippen molar-refractivity contribution in [3.63, 3.8) is 0 Å². The fourth-order valence-corrected chi connectivity index (χ4v) is 2.14. The molecule has 0 fully saturated rings. The van der Waals surface area contributed by atoms with Crippen LogP contribution in [0, 0.1) is 6.92 Å². The average molecular weight is 304 g/mol. The standard InChI is InChI=1S/C16H18ClN3O/c1-10(2)14-6-13(7-15(17)20-14)16(21)19-9-12-4-5-18-8-11(12)3/h4-8,10H,9H2,1-3H3,(H,19,21). The minimum absolute atomic E-state index is 0.155. The fourth-order valence-electron chi connectivity index (χ4n) is 1.92. The second kappa shape index (κ2) is 6.68. The average Bonchev–Trinajstić information content (AvgIpc) is 2.45. The number of pyridine rings is 2. The van der Waals surface area contributed by atoms with E-state index in [1.807, 2.05) is 26.8 Å². The highest BCUT2D eigenvalue weighted by Crippen LogP contribution is 2.17. The highest BCUT2D eigenvalue weighted by Gasteiger charge is 2.11. The Bertz CT molecular complexity index is 656. The van der Waals surface area contributed by atoms with Crippen molar-refractivity contribution in [2.24, 2.45) is 0 Å². The Balaban J connectivity index is 2.12. The summed E-state index contributed by atoms with van der Waals surface area (Å²) in [5.74, 6) is 0.0649. The van der Waals surface area contributed by atoms with Crippen LogP contribution in [0.5, 0.6) is 0 Å². The second-order valence-corrected chi connectivity index (χ2v) is 5.63. The quantitative estimate of drug-likeness (QED) is 0.880. The van der Waals surface area contributed by atoms with Gasteiger partial charge in [0, 0.05) is 30.2 Å². The van der Waals surface area contributed by atoms with Crippen molar-refractivity contribution >= 4 is 17.5 Å². The number of nitrogens with zero attached hydrogens (tertiary/aromatic N) is 2. The number of nitrogens with one attached hydrogen (secondary N) is 1.